The summed E-state index contributed by atoms with van der Waals surface area (Å²) in [4.78, 5) is 10.8. The lowest BCUT2D eigenvalue weighted by Crippen LogP contribution is -2.45. The lowest BCUT2D eigenvalue weighted by atomic mass is 9.75. The lowest BCUT2D eigenvalue weighted by Gasteiger charge is -2.38. The molecule has 5 nitrogen and oxygen atoms in total. The number of rotatable bonds is 3. The van der Waals surface area contributed by atoms with Gasteiger partial charge in [0.1, 0.15) is 0 Å². The first-order valence-electron chi connectivity index (χ1n) is 6.71. The van der Waals surface area contributed by atoms with Crippen LogP contribution in [0.15, 0.2) is 29.2 Å². The molecule has 1 aromatic rings. The van der Waals surface area contributed by atoms with Gasteiger partial charge in [-0.2, -0.15) is 0 Å². The fourth-order valence-corrected chi connectivity index (χ4v) is 4.46. The second-order valence-corrected chi connectivity index (χ2v) is 7.83. The molecule has 3 unspecified atom stereocenters. The van der Waals surface area contributed by atoms with Crippen molar-refractivity contribution < 1.29 is 9.13 Å². The average molecular weight is 296 g/mol. The zero-order valence-electron chi connectivity index (χ0n) is 11.7. The molecule has 0 bridgehead atoms. The smallest absolute Gasteiger partial charge is 0.269 e. The Morgan fingerprint density at radius 2 is 1.95 bits per heavy atom. The van der Waals surface area contributed by atoms with Crippen molar-refractivity contribution in [2.75, 3.05) is 0 Å². The molecule has 0 saturated heterocycles. The Morgan fingerprint density at radius 1 is 1.35 bits per heavy atom. The third-order valence-corrected chi connectivity index (χ3v) is 5.74. The number of nitrogens with two attached hydrogens (primary N) is 1. The highest BCUT2D eigenvalue weighted by atomic mass is 32.2. The van der Waals surface area contributed by atoms with E-state index < -0.39 is 15.7 Å². The molecule has 0 spiro atoms. The van der Waals surface area contributed by atoms with Crippen molar-refractivity contribution >= 4 is 16.5 Å². The van der Waals surface area contributed by atoms with Crippen LogP contribution in [0.2, 0.25) is 0 Å². The van der Waals surface area contributed by atoms with Gasteiger partial charge in [-0.25, -0.2) is 0 Å². The summed E-state index contributed by atoms with van der Waals surface area (Å²) in [5, 5.41) is 10.5. The molecular formula is C14H20N2O3S. The Kier molecular flexibility index (Phi) is 4.25. The normalized spacial score (nSPS) is 26.9. The summed E-state index contributed by atoms with van der Waals surface area (Å²) in [6.07, 6.45) is 2.73. The van der Waals surface area contributed by atoms with E-state index in [1.54, 1.807) is 12.1 Å². The van der Waals surface area contributed by atoms with Gasteiger partial charge < -0.3 is 5.73 Å². The molecule has 1 aliphatic rings. The fraction of sp³-hybridized carbons (Fsp3) is 0.571. The highest BCUT2D eigenvalue weighted by Crippen LogP contribution is 2.38. The molecule has 1 aliphatic carbocycles. The number of nitro groups is 1. The minimum Gasteiger partial charge on any atom is -0.327 e. The quantitative estimate of drug-likeness (QED) is 0.686. The van der Waals surface area contributed by atoms with Crippen molar-refractivity contribution in [3.63, 3.8) is 0 Å². The van der Waals surface area contributed by atoms with E-state index >= 15 is 0 Å². The number of nitrogens with zero attached hydrogens (tertiary/aromatic N) is 1. The minimum absolute atomic E-state index is 0.0130. The van der Waals surface area contributed by atoms with Crippen LogP contribution in [0.4, 0.5) is 5.69 Å². The van der Waals surface area contributed by atoms with E-state index in [1.807, 2.05) is 0 Å². The molecule has 3 atom stereocenters. The zero-order chi connectivity index (χ0) is 14.9. The predicted octanol–water partition coefficient (Wildman–Crippen LogP) is 2.61. The van der Waals surface area contributed by atoms with Gasteiger partial charge in [-0.05, 0) is 36.8 Å². The lowest BCUT2D eigenvalue weighted by molar-refractivity contribution is -0.384. The maximum atomic E-state index is 12.6. The summed E-state index contributed by atoms with van der Waals surface area (Å²) in [6.45, 7) is 4.33. The van der Waals surface area contributed by atoms with E-state index in [2.05, 4.69) is 13.8 Å². The van der Waals surface area contributed by atoms with E-state index in [1.165, 1.54) is 12.1 Å². The Bertz CT molecular complexity index is 528. The van der Waals surface area contributed by atoms with E-state index in [4.69, 9.17) is 5.73 Å². The van der Waals surface area contributed by atoms with Crippen molar-refractivity contribution in [1.29, 1.82) is 0 Å². The van der Waals surface area contributed by atoms with E-state index in [-0.39, 0.29) is 22.4 Å². The van der Waals surface area contributed by atoms with Crippen LogP contribution in [0.1, 0.15) is 33.1 Å². The summed E-state index contributed by atoms with van der Waals surface area (Å²) < 4.78 is 12.6. The zero-order valence-corrected chi connectivity index (χ0v) is 12.6. The maximum Gasteiger partial charge on any atom is 0.269 e. The Morgan fingerprint density at radius 3 is 2.50 bits per heavy atom. The maximum absolute atomic E-state index is 12.6. The molecule has 2 N–H and O–H groups in total. The van der Waals surface area contributed by atoms with Gasteiger partial charge in [0.05, 0.1) is 21.0 Å². The minimum atomic E-state index is -1.22. The molecule has 1 fully saturated rings. The van der Waals surface area contributed by atoms with Gasteiger partial charge in [0.15, 0.2) is 0 Å². The molecule has 0 aromatic heterocycles. The first-order chi connectivity index (χ1) is 9.30. The molecule has 0 aliphatic heterocycles. The SMILES string of the molecule is CC1(C)CCC(N)C(S(=O)c2ccc([N+](=O)[O-])cc2)C1. The van der Waals surface area contributed by atoms with Gasteiger partial charge in [0, 0.05) is 23.1 Å². The van der Waals surface area contributed by atoms with Crippen LogP contribution in [-0.4, -0.2) is 20.4 Å². The molecule has 20 heavy (non-hydrogen) atoms. The van der Waals surface area contributed by atoms with Crippen LogP contribution in [0.5, 0.6) is 0 Å². The second kappa shape index (κ2) is 5.61. The molecule has 110 valence electrons. The van der Waals surface area contributed by atoms with Gasteiger partial charge in [0.25, 0.3) is 5.69 Å². The van der Waals surface area contributed by atoms with Crippen molar-refractivity contribution in [2.24, 2.45) is 11.1 Å². The summed E-state index contributed by atoms with van der Waals surface area (Å²) >= 11 is 0. The van der Waals surface area contributed by atoms with Gasteiger partial charge in [-0.1, -0.05) is 13.8 Å². The van der Waals surface area contributed by atoms with Crippen molar-refractivity contribution in [2.45, 2.75) is 49.3 Å². The largest absolute Gasteiger partial charge is 0.327 e. The molecule has 6 heteroatoms. The van der Waals surface area contributed by atoms with Crippen LogP contribution in [0.25, 0.3) is 0 Å². The summed E-state index contributed by atoms with van der Waals surface area (Å²) in [5.41, 5.74) is 6.28. The van der Waals surface area contributed by atoms with Crippen molar-refractivity contribution in [3.05, 3.63) is 34.4 Å². The number of hydrogen-bond acceptors (Lipinski definition) is 4. The topological polar surface area (TPSA) is 86.2 Å². The van der Waals surface area contributed by atoms with Gasteiger partial charge >= 0.3 is 0 Å². The number of nitro benzene ring substituents is 1. The highest BCUT2D eigenvalue weighted by molar-refractivity contribution is 7.85. The van der Waals surface area contributed by atoms with E-state index in [9.17, 15) is 14.3 Å². The third-order valence-electron chi connectivity index (χ3n) is 3.94. The highest BCUT2D eigenvalue weighted by Gasteiger charge is 2.36. The van der Waals surface area contributed by atoms with Crippen molar-refractivity contribution in [3.8, 4) is 0 Å². The van der Waals surface area contributed by atoms with Crippen LogP contribution in [-0.2, 0) is 10.8 Å². The van der Waals surface area contributed by atoms with Gasteiger partial charge in [0.2, 0.25) is 0 Å². The first-order valence-corrected chi connectivity index (χ1v) is 7.92. The van der Waals surface area contributed by atoms with Gasteiger partial charge in [-0.15, -0.1) is 0 Å². The predicted molar refractivity (Wildman–Crippen MR) is 78.9 cm³/mol. The number of benzene rings is 1. The Balaban J connectivity index is 2.19. The van der Waals surface area contributed by atoms with Crippen LogP contribution in [0, 0.1) is 15.5 Å². The first kappa shape index (κ1) is 15.1. The molecule has 0 heterocycles. The number of non-ortho nitro benzene ring substituents is 1. The Labute approximate surface area is 121 Å². The number of hydrogen-bond donors (Lipinski definition) is 1. The van der Waals surface area contributed by atoms with E-state index in [0.29, 0.717) is 4.90 Å². The molecule has 0 amide bonds. The molecule has 2 rings (SSSR count). The monoisotopic (exact) mass is 296 g/mol. The van der Waals surface area contributed by atoms with Crippen LogP contribution < -0.4 is 5.73 Å². The fourth-order valence-electron chi connectivity index (χ4n) is 2.65. The van der Waals surface area contributed by atoms with Crippen LogP contribution >= 0.6 is 0 Å². The second-order valence-electron chi connectivity index (χ2n) is 6.16. The van der Waals surface area contributed by atoms with E-state index in [0.717, 1.165) is 19.3 Å². The molecule has 0 radical (unpaired) electrons. The summed E-state index contributed by atoms with van der Waals surface area (Å²) in [7, 11) is -1.22. The average Bonchev–Trinajstić information content (AvgIpc) is 2.41. The summed E-state index contributed by atoms with van der Waals surface area (Å²) in [5.74, 6) is 0. The summed E-state index contributed by atoms with van der Waals surface area (Å²) in [6, 6.07) is 5.86. The third kappa shape index (κ3) is 3.24. The molecular weight excluding hydrogens is 276 g/mol. The molecule has 1 saturated carbocycles. The molecule has 1 aromatic carbocycles. The standard InChI is InChI=1S/C14H20N2O3S/c1-14(2)8-7-12(15)13(9-14)20(19)11-5-3-10(4-6-11)16(17)18/h3-6,12-13H,7-9,15H2,1-2H3. The van der Waals surface area contributed by atoms with Gasteiger partial charge in [-0.3, -0.25) is 14.3 Å². The Hall–Kier alpha value is -1.27. The van der Waals surface area contributed by atoms with Crippen LogP contribution in [0.3, 0.4) is 0 Å². The van der Waals surface area contributed by atoms with Crippen molar-refractivity contribution in [1.82, 2.24) is 0 Å².